The van der Waals surface area contributed by atoms with Crippen molar-refractivity contribution in [2.75, 3.05) is 23.3 Å². The Morgan fingerprint density at radius 1 is 1.00 bits per heavy atom. The number of rotatable bonds is 7. The quantitative estimate of drug-likeness (QED) is 0.704. The van der Waals surface area contributed by atoms with E-state index in [1.165, 1.54) is 11.1 Å². The van der Waals surface area contributed by atoms with E-state index in [1.54, 1.807) is 0 Å². The summed E-state index contributed by atoms with van der Waals surface area (Å²) in [6.07, 6.45) is 1.41. The number of fused-ring (bicyclic) bond motifs is 1. The lowest BCUT2D eigenvalue weighted by Gasteiger charge is -2.32. The molecule has 0 aromatic heterocycles. The van der Waals surface area contributed by atoms with Crippen LogP contribution in [0.1, 0.15) is 55.6 Å². The summed E-state index contributed by atoms with van der Waals surface area (Å²) in [5.41, 5.74) is 4.85. The lowest BCUT2D eigenvalue weighted by Crippen LogP contribution is -2.34. The molecule has 0 bridgehead atoms. The Hall–Kier alpha value is -2.82. The van der Waals surface area contributed by atoms with Crippen molar-refractivity contribution in [1.82, 2.24) is 5.32 Å². The van der Waals surface area contributed by atoms with Crippen molar-refractivity contribution in [2.24, 2.45) is 11.8 Å². The molecule has 2 aromatic carbocycles. The van der Waals surface area contributed by atoms with Gasteiger partial charge in [-0.05, 0) is 47.6 Å². The van der Waals surface area contributed by atoms with Crippen molar-refractivity contribution in [2.45, 2.75) is 47.1 Å². The number of benzene rings is 2. The second-order valence-electron chi connectivity index (χ2n) is 8.92. The molecule has 1 aliphatic heterocycles. The van der Waals surface area contributed by atoms with E-state index in [9.17, 15) is 9.59 Å². The van der Waals surface area contributed by atoms with Gasteiger partial charge in [0.25, 0.3) is 5.91 Å². The molecule has 2 N–H and O–H groups in total. The molecule has 2 amide bonds. The third kappa shape index (κ3) is 5.62. The topological polar surface area (TPSA) is 61.4 Å². The van der Waals surface area contributed by atoms with E-state index in [0.717, 1.165) is 25.2 Å². The van der Waals surface area contributed by atoms with Crippen molar-refractivity contribution < 1.29 is 9.59 Å². The second kappa shape index (κ2) is 9.79. The summed E-state index contributed by atoms with van der Waals surface area (Å²) in [4.78, 5) is 27.5. The fraction of sp³-hybridized carbons (Fsp3) is 0.440. The Bertz CT molecular complexity index is 905. The minimum Gasteiger partial charge on any atom is -0.366 e. The van der Waals surface area contributed by atoms with Gasteiger partial charge in [0.2, 0.25) is 5.91 Å². The second-order valence-corrected chi connectivity index (χ2v) is 8.92. The van der Waals surface area contributed by atoms with Gasteiger partial charge in [0.05, 0.1) is 5.56 Å². The van der Waals surface area contributed by atoms with Crippen LogP contribution in [-0.2, 0) is 17.8 Å². The molecule has 0 atom stereocenters. The van der Waals surface area contributed by atoms with E-state index in [-0.39, 0.29) is 17.7 Å². The van der Waals surface area contributed by atoms with Crippen LogP contribution in [-0.4, -0.2) is 24.9 Å². The van der Waals surface area contributed by atoms with E-state index in [4.69, 9.17) is 0 Å². The highest BCUT2D eigenvalue weighted by molar-refractivity contribution is 6.02. The number of anilines is 2. The van der Waals surface area contributed by atoms with Crippen LogP contribution in [0.5, 0.6) is 0 Å². The molecule has 5 nitrogen and oxygen atoms in total. The number of hydrogen-bond donors (Lipinski definition) is 2. The molecule has 0 aliphatic carbocycles. The van der Waals surface area contributed by atoms with Crippen molar-refractivity contribution >= 4 is 23.2 Å². The molecule has 0 radical (unpaired) electrons. The third-order valence-electron chi connectivity index (χ3n) is 5.26. The van der Waals surface area contributed by atoms with Crippen LogP contribution in [0, 0.1) is 11.8 Å². The Labute approximate surface area is 179 Å². The van der Waals surface area contributed by atoms with Gasteiger partial charge in [-0.15, -0.1) is 0 Å². The zero-order valence-electron chi connectivity index (χ0n) is 18.5. The molecule has 0 unspecified atom stereocenters. The van der Waals surface area contributed by atoms with Crippen LogP contribution in [0.4, 0.5) is 11.4 Å². The number of carbonyl (C=O) groups is 2. The fourth-order valence-corrected chi connectivity index (χ4v) is 3.75. The normalized spacial score (nSPS) is 13.3. The van der Waals surface area contributed by atoms with Gasteiger partial charge < -0.3 is 15.5 Å². The molecule has 3 rings (SSSR count). The minimum absolute atomic E-state index is 0.0295. The molecule has 0 saturated carbocycles. The lowest BCUT2D eigenvalue weighted by molar-refractivity contribution is -0.116. The Kier molecular flexibility index (Phi) is 7.14. The molecule has 0 fully saturated rings. The van der Waals surface area contributed by atoms with E-state index < -0.39 is 0 Å². The average molecular weight is 408 g/mol. The number of hydrogen-bond acceptors (Lipinski definition) is 3. The minimum atomic E-state index is -0.0995. The first kappa shape index (κ1) is 21.9. The Morgan fingerprint density at radius 3 is 2.43 bits per heavy atom. The van der Waals surface area contributed by atoms with Gasteiger partial charge in [-0.3, -0.25) is 9.59 Å². The van der Waals surface area contributed by atoms with Crippen LogP contribution < -0.4 is 15.5 Å². The number of carbonyl (C=O) groups excluding carboxylic acids is 2. The molecule has 160 valence electrons. The van der Waals surface area contributed by atoms with E-state index >= 15 is 0 Å². The molecule has 5 heteroatoms. The standard InChI is InChI=1S/C25H33N3O2/c1-17(2)13-24(29)27-21-9-10-23(22(14-21)25(30)26-15-18(3)4)28-12-11-19-7-5-6-8-20(19)16-28/h5-10,14,17-18H,11-13,15-16H2,1-4H3,(H,26,30)(H,27,29). The van der Waals surface area contributed by atoms with Crippen molar-refractivity contribution in [3.8, 4) is 0 Å². The van der Waals surface area contributed by atoms with Crippen molar-refractivity contribution in [3.63, 3.8) is 0 Å². The van der Waals surface area contributed by atoms with Gasteiger partial charge in [-0.2, -0.15) is 0 Å². The summed E-state index contributed by atoms with van der Waals surface area (Å²) >= 11 is 0. The van der Waals surface area contributed by atoms with Crippen LogP contribution in [0.3, 0.4) is 0 Å². The van der Waals surface area contributed by atoms with Gasteiger partial charge in [-0.25, -0.2) is 0 Å². The maximum atomic E-state index is 13.0. The highest BCUT2D eigenvalue weighted by Gasteiger charge is 2.22. The third-order valence-corrected chi connectivity index (χ3v) is 5.26. The first-order valence-corrected chi connectivity index (χ1v) is 10.9. The highest BCUT2D eigenvalue weighted by atomic mass is 16.2. The smallest absolute Gasteiger partial charge is 0.253 e. The van der Waals surface area contributed by atoms with Gasteiger partial charge in [0, 0.05) is 37.4 Å². The fourth-order valence-electron chi connectivity index (χ4n) is 3.75. The molecule has 2 aromatic rings. The predicted octanol–water partition coefficient (Wildman–Crippen LogP) is 4.62. The van der Waals surface area contributed by atoms with Gasteiger partial charge in [0.1, 0.15) is 0 Å². The molecule has 0 saturated heterocycles. The summed E-state index contributed by atoms with van der Waals surface area (Å²) in [5.74, 6) is 0.524. The summed E-state index contributed by atoms with van der Waals surface area (Å²) in [6, 6.07) is 14.1. The summed E-state index contributed by atoms with van der Waals surface area (Å²) in [5, 5.41) is 5.97. The van der Waals surface area contributed by atoms with Crippen LogP contribution in [0.15, 0.2) is 42.5 Å². The summed E-state index contributed by atoms with van der Waals surface area (Å²) in [7, 11) is 0. The Balaban J connectivity index is 1.87. The van der Waals surface area contributed by atoms with Crippen LogP contribution in [0.25, 0.3) is 0 Å². The Morgan fingerprint density at radius 2 is 1.73 bits per heavy atom. The molecular weight excluding hydrogens is 374 g/mol. The summed E-state index contributed by atoms with van der Waals surface area (Å²) in [6.45, 7) is 10.4. The van der Waals surface area contributed by atoms with E-state index in [0.29, 0.717) is 30.1 Å². The average Bonchev–Trinajstić information content (AvgIpc) is 2.71. The van der Waals surface area contributed by atoms with Gasteiger partial charge >= 0.3 is 0 Å². The number of nitrogens with one attached hydrogen (secondary N) is 2. The van der Waals surface area contributed by atoms with Crippen molar-refractivity contribution in [1.29, 1.82) is 0 Å². The molecule has 1 heterocycles. The number of nitrogens with zero attached hydrogens (tertiary/aromatic N) is 1. The SMILES string of the molecule is CC(C)CNC(=O)c1cc(NC(=O)CC(C)C)ccc1N1CCc2ccccc2C1. The maximum absolute atomic E-state index is 13.0. The molecular formula is C25H33N3O2. The zero-order chi connectivity index (χ0) is 21.7. The lowest BCUT2D eigenvalue weighted by atomic mass is 9.98. The monoisotopic (exact) mass is 407 g/mol. The first-order valence-electron chi connectivity index (χ1n) is 10.9. The van der Waals surface area contributed by atoms with E-state index in [2.05, 4.69) is 53.6 Å². The highest BCUT2D eigenvalue weighted by Crippen LogP contribution is 2.29. The zero-order valence-corrected chi connectivity index (χ0v) is 18.5. The van der Waals surface area contributed by atoms with Crippen LogP contribution >= 0.6 is 0 Å². The molecule has 1 aliphatic rings. The predicted molar refractivity (Wildman–Crippen MR) is 123 cm³/mol. The first-order chi connectivity index (χ1) is 14.3. The van der Waals surface area contributed by atoms with Gasteiger partial charge in [0.15, 0.2) is 0 Å². The van der Waals surface area contributed by atoms with Crippen molar-refractivity contribution in [3.05, 3.63) is 59.2 Å². The largest absolute Gasteiger partial charge is 0.366 e. The maximum Gasteiger partial charge on any atom is 0.253 e. The van der Waals surface area contributed by atoms with Gasteiger partial charge in [-0.1, -0.05) is 52.0 Å². The summed E-state index contributed by atoms with van der Waals surface area (Å²) < 4.78 is 0. The van der Waals surface area contributed by atoms with E-state index in [1.807, 2.05) is 32.0 Å². The molecule has 30 heavy (non-hydrogen) atoms. The van der Waals surface area contributed by atoms with Crippen LogP contribution in [0.2, 0.25) is 0 Å². The number of amides is 2. The molecule has 0 spiro atoms.